The Labute approximate surface area is 240 Å². The van der Waals surface area contributed by atoms with E-state index in [2.05, 4.69) is 16.4 Å². The molecule has 1 aliphatic carbocycles. The zero-order valence-corrected chi connectivity index (χ0v) is 24.7. The summed E-state index contributed by atoms with van der Waals surface area (Å²) in [5.41, 5.74) is 4.16. The van der Waals surface area contributed by atoms with E-state index in [-0.39, 0.29) is 46.9 Å². The second-order valence-electron chi connectivity index (χ2n) is 11.2. The van der Waals surface area contributed by atoms with E-state index in [4.69, 9.17) is 9.72 Å². The van der Waals surface area contributed by atoms with Crippen LogP contribution in [0, 0.1) is 12.8 Å². The highest BCUT2D eigenvalue weighted by molar-refractivity contribution is 7.90. The molecule has 5 rings (SSSR count). The molecule has 41 heavy (non-hydrogen) atoms. The highest BCUT2D eigenvalue weighted by Crippen LogP contribution is 2.31. The van der Waals surface area contributed by atoms with E-state index >= 15 is 0 Å². The third kappa shape index (κ3) is 6.65. The molecule has 2 amide bonds. The van der Waals surface area contributed by atoms with Gasteiger partial charge in [0.25, 0.3) is 5.91 Å². The highest BCUT2D eigenvalue weighted by atomic mass is 32.2. The molecular weight excluding hydrogens is 540 g/mol. The molecule has 0 radical (unpaired) electrons. The lowest BCUT2D eigenvalue weighted by molar-refractivity contribution is -0.146. The van der Waals surface area contributed by atoms with Crippen LogP contribution in [-0.2, 0) is 25.9 Å². The van der Waals surface area contributed by atoms with Gasteiger partial charge in [-0.25, -0.2) is 13.4 Å². The number of aryl methyl sites for hydroxylation is 1. The normalized spacial score (nSPS) is 21.4. The summed E-state index contributed by atoms with van der Waals surface area (Å²) in [5.74, 6) is -0.392. The molecule has 1 saturated heterocycles. The lowest BCUT2D eigenvalue weighted by Crippen LogP contribution is -2.50. The quantitative estimate of drug-likeness (QED) is 0.470. The molecule has 0 bridgehead atoms. The van der Waals surface area contributed by atoms with E-state index in [1.165, 1.54) is 6.07 Å². The summed E-state index contributed by atoms with van der Waals surface area (Å²) in [4.78, 5) is 37.5. The number of hydrogen-bond acceptors (Lipinski definition) is 7. The van der Waals surface area contributed by atoms with Crippen molar-refractivity contribution in [1.82, 2.24) is 20.2 Å². The Hall–Kier alpha value is -3.63. The minimum absolute atomic E-state index is 0.0336. The Balaban J connectivity index is 1.31. The molecule has 1 unspecified atom stereocenters. The zero-order chi connectivity index (χ0) is 29.3. The average molecular weight is 577 g/mol. The molecule has 3 heterocycles. The summed E-state index contributed by atoms with van der Waals surface area (Å²) in [6.45, 7) is 7.10. The third-order valence-electron chi connectivity index (χ3n) is 7.65. The second kappa shape index (κ2) is 11.7. The van der Waals surface area contributed by atoms with Crippen LogP contribution in [0.2, 0.25) is 0 Å². The standard InChI is InChI=1S/C31H36N4O5S/c1-19-8-9-23(13-29(19)41(4,38)39)30(36)33-16-26-14-28-25(15-32-26)10-11-27(34-28)22-6-5-7-24(12-22)31(37)35-17-20(2)40-21(3)18-35/h8-15,20-21,24H,5-7,16-18H2,1-4H3,(H,33,36)/t20-,21+,24?. The average Bonchev–Trinajstić information content (AvgIpc) is 2.94. The van der Waals surface area contributed by atoms with Gasteiger partial charge in [-0.05, 0) is 81.5 Å². The van der Waals surface area contributed by atoms with E-state index in [0.29, 0.717) is 24.3 Å². The fourth-order valence-corrected chi connectivity index (χ4v) is 6.66. The van der Waals surface area contributed by atoms with Crippen LogP contribution >= 0.6 is 0 Å². The van der Waals surface area contributed by atoms with Crippen molar-refractivity contribution in [2.75, 3.05) is 19.3 Å². The summed E-state index contributed by atoms with van der Waals surface area (Å²) < 4.78 is 29.9. The molecule has 3 aromatic rings. The molecule has 10 heteroatoms. The predicted octanol–water partition coefficient (Wildman–Crippen LogP) is 4.09. The van der Waals surface area contributed by atoms with Gasteiger partial charge in [-0.3, -0.25) is 14.6 Å². The lowest BCUT2D eigenvalue weighted by Gasteiger charge is -2.37. The van der Waals surface area contributed by atoms with Gasteiger partial charge in [-0.15, -0.1) is 0 Å². The lowest BCUT2D eigenvalue weighted by atomic mass is 9.87. The van der Waals surface area contributed by atoms with Crippen molar-refractivity contribution < 1.29 is 22.7 Å². The number of benzene rings is 1. The minimum atomic E-state index is -3.44. The first-order chi connectivity index (χ1) is 19.5. The largest absolute Gasteiger partial charge is 0.372 e. The molecule has 0 saturated carbocycles. The van der Waals surface area contributed by atoms with Gasteiger partial charge in [0.15, 0.2) is 9.84 Å². The van der Waals surface area contributed by atoms with Crippen LogP contribution in [0.3, 0.4) is 0 Å². The number of nitrogens with one attached hydrogen (secondary N) is 1. The summed E-state index contributed by atoms with van der Waals surface area (Å²) >= 11 is 0. The van der Waals surface area contributed by atoms with Gasteiger partial charge in [0.2, 0.25) is 5.91 Å². The maximum Gasteiger partial charge on any atom is 0.251 e. The first-order valence-corrected chi connectivity index (χ1v) is 15.9. The van der Waals surface area contributed by atoms with Crippen LogP contribution in [0.25, 0.3) is 16.5 Å². The number of amides is 2. The number of rotatable bonds is 6. The fraction of sp³-hybridized carbons (Fsp3) is 0.419. The monoisotopic (exact) mass is 576 g/mol. The number of carbonyl (C=O) groups is 2. The molecule has 0 spiro atoms. The molecule has 1 aromatic carbocycles. The number of sulfone groups is 1. The van der Waals surface area contributed by atoms with Crippen LogP contribution in [0.4, 0.5) is 0 Å². The molecule has 1 fully saturated rings. The Morgan fingerprint density at radius 1 is 1.10 bits per heavy atom. The molecular formula is C31H36N4O5S. The van der Waals surface area contributed by atoms with Crippen LogP contribution in [0.5, 0.6) is 0 Å². The van der Waals surface area contributed by atoms with E-state index in [9.17, 15) is 18.0 Å². The number of pyridine rings is 2. The van der Waals surface area contributed by atoms with E-state index in [1.54, 1.807) is 25.3 Å². The number of hydrogen-bond donors (Lipinski definition) is 1. The van der Waals surface area contributed by atoms with E-state index in [0.717, 1.165) is 47.7 Å². The maximum atomic E-state index is 13.3. The van der Waals surface area contributed by atoms with E-state index < -0.39 is 9.84 Å². The van der Waals surface area contributed by atoms with Crippen molar-refractivity contribution in [1.29, 1.82) is 0 Å². The van der Waals surface area contributed by atoms with Gasteiger partial charge < -0.3 is 15.0 Å². The molecule has 3 atom stereocenters. The number of fused-ring (bicyclic) bond motifs is 1. The Morgan fingerprint density at radius 2 is 1.85 bits per heavy atom. The smallest absolute Gasteiger partial charge is 0.251 e. The number of ether oxygens (including phenoxy) is 1. The van der Waals surface area contributed by atoms with Crippen LogP contribution in [0.1, 0.15) is 60.4 Å². The highest BCUT2D eigenvalue weighted by Gasteiger charge is 2.31. The maximum absolute atomic E-state index is 13.3. The molecule has 9 nitrogen and oxygen atoms in total. The van der Waals surface area contributed by atoms with Crippen LogP contribution in [-0.4, -0.2) is 66.7 Å². The molecule has 2 aliphatic rings. The van der Waals surface area contributed by atoms with Gasteiger partial charge in [0.05, 0.1) is 46.5 Å². The topological polar surface area (TPSA) is 119 Å². The van der Waals surface area contributed by atoms with Crippen molar-refractivity contribution >= 4 is 38.1 Å². The minimum Gasteiger partial charge on any atom is -0.372 e. The van der Waals surface area contributed by atoms with Crippen molar-refractivity contribution in [2.45, 2.75) is 63.7 Å². The Morgan fingerprint density at radius 3 is 2.59 bits per heavy atom. The summed E-state index contributed by atoms with van der Waals surface area (Å²) in [6.07, 6.45) is 7.62. The molecule has 1 aliphatic heterocycles. The molecule has 216 valence electrons. The summed E-state index contributed by atoms with van der Waals surface area (Å²) in [5, 5.41) is 3.70. The fourth-order valence-electron chi connectivity index (χ4n) is 5.67. The number of nitrogens with zero attached hydrogens (tertiary/aromatic N) is 3. The van der Waals surface area contributed by atoms with Crippen LogP contribution in [0.15, 0.2) is 53.6 Å². The summed E-state index contributed by atoms with van der Waals surface area (Å²) in [6, 6.07) is 10.4. The van der Waals surface area contributed by atoms with Gasteiger partial charge in [-0.1, -0.05) is 12.1 Å². The Bertz CT molecular complexity index is 1620. The number of aromatic nitrogens is 2. The van der Waals surface area contributed by atoms with Gasteiger partial charge in [0.1, 0.15) is 0 Å². The van der Waals surface area contributed by atoms with Gasteiger partial charge in [0, 0.05) is 36.5 Å². The predicted molar refractivity (Wildman–Crippen MR) is 157 cm³/mol. The first-order valence-electron chi connectivity index (χ1n) is 14.0. The number of morpholine rings is 1. The van der Waals surface area contributed by atoms with Gasteiger partial charge >= 0.3 is 0 Å². The SMILES string of the molecule is Cc1ccc(C(=O)NCc2cc3nc(C4=CC(C(=O)N5C[C@@H](C)O[C@@H](C)C5)CCC4)ccc3cn2)cc1S(C)(=O)=O. The first kappa shape index (κ1) is 28.9. The van der Waals surface area contributed by atoms with Crippen molar-refractivity contribution in [2.24, 2.45) is 5.92 Å². The molecule has 1 N–H and O–H groups in total. The summed E-state index contributed by atoms with van der Waals surface area (Å²) in [7, 11) is -3.44. The van der Waals surface area contributed by atoms with Crippen molar-refractivity contribution in [3.8, 4) is 0 Å². The van der Waals surface area contributed by atoms with Gasteiger partial charge in [-0.2, -0.15) is 0 Å². The van der Waals surface area contributed by atoms with Crippen molar-refractivity contribution in [3.63, 3.8) is 0 Å². The number of carbonyl (C=O) groups excluding carboxylic acids is 2. The second-order valence-corrected chi connectivity index (χ2v) is 13.2. The van der Waals surface area contributed by atoms with Crippen molar-refractivity contribution in [3.05, 3.63) is 71.2 Å². The van der Waals surface area contributed by atoms with Crippen LogP contribution < -0.4 is 5.32 Å². The van der Waals surface area contributed by atoms with E-state index in [1.807, 2.05) is 36.9 Å². The third-order valence-corrected chi connectivity index (χ3v) is 8.89. The number of allylic oxidation sites excluding steroid dienone is 1. The zero-order valence-electron chi connectivity index (χ0n) is 23.9. The Kier molecular flexibility index (Phi) is 8.24. The molecule has 2 aromatic heterocycles.